The quantitative estimate of drug-likeness (QED) is 0.509. The zero-order valence-corrected chi connectivity index (χ0v) is 21.9. The predicted molar refractivity (Wildman–Crippen MR) is 136 cm³/mol. The topological polar surface area (TPSA) is 113 Å². The number of carbonyl (C=O) groups excluding carboxylic acids is 2. The minimum atomic E-state index is -3.82. The highest BCUT2D eigenvalue weighted by atomic mass is 35.5. The summed E-state index contributed by atoms with van der Waals surface area (Å²) >= 11 is 7.24. The van der Waals surface area contributed by atoms with Gasteiger partial charge in [0.1, 0.15) is 9.34 Å². The first-order chi connectivity index (χ1) is 17.2. The van der Waals surface area contributed by atoms with Crippen molar-refractivity contribution in [2.24, 2.45) is 0 Å². The Kier molecular flexibility index (Phi) is 6.58. The molecule has 2 amide bonds. The van der Waals surface area contributed by atoms with E-state index in [2.05, 4.69) is 14.7 Å². The first-order valence-electron chi connectivity index (χ1n) is 11.4. The molecule has 0 bridgehead atoms. The van der Waals surface area contributed by atoms with Gasteiger partial charge in [-0.25, -0.2) is 18.1 Å². The molecule has 0 saturated carbocycles. The highest BCUT2D eigenvalue weighted by Crippen LogP contribution is 2.47. The predicted octanol–water partition coefficient (Wildman–Crippen LogP) is 2.75. The molecule has 1 saturated heterocycles. The maximum Gasteiger partial charge on any atom is 0.240 e. The van der Waals surface area contributed by atoms with Crippen LogP contribution in [0, 0.1) is 0 Å². The summed E-state index contributed by atoms with van der Waals surface area (Å²) in [5.41, 5.74) is 1.69. The fourth-order valence-corrected chi connectivity index (χ4v) is 6.88. The summed E-state index contributed by atoms with van der Waals surface area (Å²) in [4.78, 5) is 37.1. The van der Waals surface area contributed by atoms with E-state index < -0.39 is 15.4 Å². The monoisotopic (exact) mass is 545 g/mol. The molecule has 4 heterocycles. The molecule has 12 heteroatoms. The van der Waals surface area contributed by atoms with E-state index in [1.807, 2.05) is 0 Å². The van der Waals surface area contributed by atoms with Gasteiger partial charge in [-0.15, -0.1) is 11.3 Å². The fourth-order valence-electron chi connectivity index (χ4n) is 4.88. The van der Waals surface area contributed by atoms with Crippen molar-refractivity contribution in [1.82, 2.24) is 19.6 Å². The van der Waals surface area contributed by atoms with Gasteiger partial charge in [0.15, 0.2) is 0 Å². The molecular formula is C24H24ClN5O4S2. The highest BCUT2D eigenvalue weighted by molar-refractivity contribution is 7.89. The van der Waals surface area contributed by atoms with Gasteiger partial charge >= 0.3 is 0 Å². The second-order valence-electron chi connectivity index (χ2n) is 9.04. The van der Waals surface area contributed by atoms with E-state index in [-0.39, 0.29) is 29.7 Å². The number of thiazole rings is 1. The van der Waals surface area contributed by atoms with Gasteiger partial charge < -0.3 is 9.80 Å². The van der Waals surface area contributed by atoms with Gasteiger partial charge in [-0.05, 0) is 47.9 Å². The Hall–Kier alpha value is -2.86. The molecule has 1 N–H and O–H groups in total. The van der Waals surface area contributed by atoms with E-state index >= 15 is 0 Å². The van der Waals surface area contributed by atoms with Crippen molar-refractivity contribution in [3.05, 3.63) is 69.4 Å². The molecule has 1 fully saturated rings. The maximum atomic E-state index is 13.3. The largest absolute Gasteiger partial charge is 0.342 e. The number of halogens is 1. The number of nitrogens with one attached hydrogen (secondary N) is 1. The van der Waals surface area contributed by atoms with Crippen LogP contribution in [0.4, 0.5) is 5.69 Å². The zero-order valence-electron chi connectivity index (χ0n) is 19.5. The van der Waals surface area contributed by atoms with Crippen LogP contribution in [0.3, 0.4) is 0 Å². The third kappa shape index (κ3) is 4.75. The molecule has 5 rings (SSSR count). The second-order valence-corrected chi connectivity index (χ2v) is 12.6. The van der Waals surface area contributed by atoms with Gasteiger partial charge in [0, 0.05) is 56.6 Å². The van der Waals surface area contributed by atoms with Crippen LogP contribution in [0.15, 0.2) is 53.8 Å². The number of aromatic nitrogens is 2. The van der Waals surface area contributed by atoms with E-state index in [0.29, 0.717) is 41.1 Å². The Bertz CT molecular complexity index is 1430. The minimum Gasteiger partial charge on any atom is -0.342 e. The number of anilines is 1. The van der Waals surface area contributed by atoms with Crippen molar-refractivity contribution >= 4 is 50.5 Å². The van der Waals surface area contributed by atoms with Gasteiger partial charge in [0.05, 0.1) is 17.5 Å². The number of nitrogens with zero attached hydrogens (tertiary/aromatic N) is 4. The molecule has 1 spiro atoms. The molecule has 2 aliphatic rings. The Labute approximate surface area is 218 Å². The van der Waals surface area contributed by atoms with Crippen LogP contribution in [0.5, 0.6) is 0 Å². The van der Waals surface area contributed by atoms with Gasteiger partial charge in [0.2, 0.25) is 21.8 Å². The lowest BCUT2D eigenvalue weighted by Crippen LogP contribution is -2.40. The summed E-state index contributed by atoms with van der Waals surface area (Å²) in [6.07, 6.45) is 5.47. The minimum absolute atomic E-state index is 0.0431. The summed E-state index contributed by atoms with van der Waals surface area (Å²) in [6.45, 7) is 3.00. The Morgan fingerprint density at radius 3 is 2.64 bits per heavy atom. The number of fused-ring (bicyclic) bond motifs is 2. The van der Waals surface area contributed by atoms with Crippen molar-refractivity contribution in [2.75, 3.05) is 24.5 Å². The molecule has 188 valence electrons. The molecule has 2 aliphatic heterocycles. The van der Waals surface area contributed by atoms with E-state index in [4.69, 9.17) is 11.6 Å². The summed E-state index contributed by atoms with van der Waals surface area (Å²) in [6, 6.07) is 8.35. The molecular weight excluding hydrogens is 522 g/mol. The van der Waals surface area contributed by atoms with Gasteiger partial charge in [0.25, 0.3) is 0 Å². The Morgan fingerprint density at radius 1 is 1.19 bits per heavy atom. The van der Waals surface area contributed by atoms with Crippen molar-refractivity contribution in [2.45, 2.75) is 36.6 Å². The molecule has 1 atom stereocenters. The van der Waals surface area contributed by atoms with Crippen molar-refractivity contribution in [3.63, 3.8) is 0 Å². The van der Waals surface area contributed by atoms with Crippen LogP contribution in [-0.4, -0.2) is 54.7 Å². The normalized spacial score (nSPS) is 19.2. The maximum absolute atomic E-state index is 13.3. The lowest BCUT2D eigenvalue weighted by atomic mass is 9.81. The molecule has 0 radical (unpaired) electrons. The van der Waals surface area contributed by atoms with Crippen LogP contribution in [0.25, 0.3) is 0 Å². The van der Waals surface area contributed by atoms with Crippen LogP contribution in [-0.2, 0) is 38.0 Å². The van der Waals surface area contributed by atoms with Crippen LogP contribution in [0.2, 0.25) is 4.34 Å². The molecule has 0 aliphatic carbocycles. The molecule has 1 unspecified atom stereocenters. The van der Waals surface area contributed by atoms with Crippen molar-refractivity contribution in [1.29, 1.82) is 0 Å². The molecule has 1 aromatic carbocycles. The third-order valence-corrected chi connectivity index (χ3v) is 9.26. The highest BCUT2D eigenvalue weighted by Gasteiger charge is 2.49. The molecule has 36 heavy (non-hydrogen) atoms. The summed E-state index contributed by atoms with van der Waals surface area (Å²) < 4.78 is 29.4. The van der Waals surface area contributed by atoms with Crippen LogP contribution >= 0.6 is 22.9 Å². The van der Waals surface area contributed by atoms with Crippen molar-refractivity contribution < 1.29 is 18.0 Å². The van der Waals surface area contributed by atoms with E-state index in [1.165, 1.54) is 30.5 Å². The average molecular weight is 546 g/mol. The number of benzene rings is 1. The summed E-state index contributed by atoms with van der Waals surface area (Å²) in [5.74, 6) is -0.190. The first kappa shape index (κ1) is 24.8. The number of rotatable bonds is 6. The lowest BCUT2D eigenvalue weighted by Gasteiger charge is -2.25. The average Bonchev–Trinajstić information content (AvgIpc) is 3.56. The summed E-state index contributed by atoms with van der Waals surface area (Å²) in [5, 5.41) is 0.615. The number of hydrogen-bond acceptors (Lipinski definition) is 7. The van der Waals surface area contributed by atoms with Gasteiger partial charge in [-0.1, -0.05) is 11.6 Å². The Morgan fingerprint density at radius 2 is 1.97 bits per heavy atom. The number of likely N-dealkylation sites (tertiary alicyclic amines) is 1. The number of carbonyl (C=O) groups is 2. The smallest absolute Gasteiger partial charge is 0.240 e. The molecule has 9 nitrogen and oxygen atoms in total. The number of pyridine rings is 1. The Balaban J connectivity index is 1.47. The SMILES string of the molecule is CC(=O)N1CCC2(C1)CN(C(=O)Cc1ncc(Cl)s1)c1ccc(S(=O)(=O)NCc3ccncc3)cc12. The molecule has 2 aromatic heterocycles. The number of amides is 2. The lowest BCUT2D eigenvalue weighted by molar-refractivity contribution is -0.127. The zero-order chi connectivity index (χ0) is 25.5. The molecule has 3 aromatic rings. The number of sulfonamides is 1. The van der Waals surface area contributed by atoms with E-state index in [1.54, 1.807) is 46.5 Å². The second kappa shape index (κ2) is 9.55. The van der Waals surface area contributed by atoms with Gasteiger partial charge in [-0.3, -0.25) is 14.6 Å². The number of hydrogen-bond donors (Lipinski definition) is 1. The summed E-state index contributed by atoms with van der Waals surface area (Å²) in [7, 11) is -3.82. The fraction of sp³-hybridized carbons (Fsp3) is 0.333. The van der Waals surface area contributed by atoms with Crippen LogP contribution in [0.1, 0.15) is 29.5 Å². The van der Waals surface area contributed by atoms with E-state index in [9.17, 15) is 18.0 Å². The van der Waals surface area contributed by atoms with E-state index in [0.717, 1.165) is 11.1 Å². The van der Waals surface area contributed by atoms with Crippen molar-refractivity contribution in [3.8, 4) is 0 Å². The third-order valence-electron chi connectivity index (χ3n) is 6.74. The standard InChI is InChI=1S/C24H24ClN5O4S2/c1-16(31)29-9-6-24(14-29)15-30(23(32)11-22-27-13-21(25)35-22)20-3-2-18(10-19(20)24)36(33,34)28-12-17-4-7-26-8-5-17/h2-5,7-8,10,13,28H,6,9,11-12,14-15H2,1H3. The van der Waals surface area contributed by atoms with Gasteiger partial charge in [-0.2, -0.15) is 0 Å². The first-order valence-corrected chi connectivity index (χ1v) is 14.0. The van der Waals surface area contributed by atoms with Crippen LogP contribution < -0.4 is 9.62 Å².